The van der Waals surface area contributed by atoms with Gasteiger partial charge in [-0.05, 0) is 37.5 Å². The molecule has 0 aliphatic rings. The van der Waals surface area contributed by atoms with Crippen LogP contribution in [0.3, 0.4) is 0 Å². The lowest BCUT2D eigenvalue weighted by molar-refractivity contribution is 0.190. The molecule has 1 N–H and O–H groups in total. The Bertz CT molecular complexity index is 551. The van der Waals surface area contributed by atoms with E-state index in [4.69, 9.17) is 16.3 Å². The van der Waals surface area contributed by atoms with E-state index in [9.17, 15) is 0 Å². The highest BCUT2D eigenvalue weighted by Crippen LogP contribution is 2.12. The third-order valence-electron chi connectivity index (χ3n) is 3.25. The molecule has 1 heterocycles. The van der Waals surface area contributed by atoms with E-state index in [1.165, 1.54) is 5.56 Å². The van der Waals surface area contributed by atoms with Crippen LogP contribution < -0.4 is 5.32 Å². The number of hydrogen-bond donors (Lipinski definition) is 1. The van der Waals surface area contributed by atoms with Gasteiger partial charge in [0.1, 0.15) is 0 Å². The molecule has 1 aromatic carbocycles. The number of halogens is 1. The fourth-order valence-electron chi connectivity index (χ4n) is 2.21. The van der Waals surface area contributed by atoms with Gasteiger partial charge >= 0.3 is 0 Å². The predicted molar refractivity (Wildman–Crippen MR) is 87.1 cm³/mol. The number of methoxy groups -OCH3 is 1. The summed E-state index contributed by atoms with van der Waals surface area (Å²) in [5.74, 6) is 0.928. The monoisotopic (exact) mass is 307 g/mol. The summed E-state index contributed by atoms with van der Waals surface area (Å²) >= 11 is 5.89. The number of anilines is 1. The first-order chi connectivity index (χ1) is 10.2. The Morgan fingerprint density at radius 3 is 2.76 bits per heavy atom. The lowest BCUT2D eigenvalue weighted by Gasteiger charge is -2.09. The number of aryl methyl sites for hydroxylation is 2. The molecule has 0 aliphatic heterocycles. The molecule has 0 radical (unpaired) electrons. The van der Waals surface area contributed by atoms with Gasteiger partial charge in [0, 0.05) is 38.0 Å². The number of aromatic nitrogens is 2. The minimum absolute atomic E-state index is 0.765. The molecule has 0 bridgehead atoms. The highest BCUT2D eigenvalue weighted by Gasteiger charge is 2.05. The first kappa shape index (κ1) is 15.9. The van der Waals surface area contributed by atoms with Crippen molar-refractivity contribution in [2.75, 3.05) is 25.6 Å². The summed E-state index contributed by atoms with van der Waals surface area (Å²) in [5, 5.41) is 4.18. The van der Waals surface area contributed by atoms with Gasteiger partial charge in [0.15, 0.2) is 0 Å². The van der Waals surface area contributed by atoms with Crippen molar-refractivity contribution < 1.29 is 4.74 Å². The van der Waals surface area contributed by atoms with Crippen molar-refractivity contribution in [3.8, 4) is 0 Å². The Labute approximate surface area is 131 Å². The van der Waals surface area contributed by atoms with Crippen molar-refractivity contribution in [3.05, 3.63) is 46.7 Å². The van der Waals surface area contributed by atoms with Crippen LogP contribution in [0, 0.1) is 6.92 Å². The van der Waals surface area contributed by atoms with Crippen LogP contribution in [-0.4, -0.2) is 29.8 Å². The summed E-state index contributed by atoms with van der Waals surface area (Å²) in [6, 6.07) is 7.96. The van der Waals surface area contributed by atoms with E-state index in [2.05, 4.69) is 33.2 Å². The molecule has 21 heavy (non-hydrogen) atoms. The van der Waals surface area contributed by atoms with Crippen LogP contribution in [0.25, 0.3) is 0 Å². The molecule has 0 atom stereocenters. The minimum Gasteiger partial charge on any atom is -0.385 e. The number of hydrogen-bond acceptors (Lipinski definition) is 3. The molecule has 0 unspecified atom stereocenters. The summed E-state index contributed by atoms with van der Waals surface area (Å²) in [6.07, 6.45) is 4.00. The van der Waals surface area contributed by atoms with Gasteiger partial charge < -0.3 is 14.6 Å². The van der Waals surface area contributed by atoms with Crippen LogP contribution in [0.4, 0.5) is 5.95 Å². The lowest BCUT2D eigenvalue weighted by atomic mass is 10.1. The predicted octanol–water partition coefficient (Wildman–Crippen LogP) is 3.54. The fraction of sp³-hybridized carbons (Fsp3) is 0.438. The number of benzene rings is 1. The Balaban J connectivity index is 1.86. The zero-order valence-electron chi connectivity index (χ0n) is 12.6. The standard InChI is InChI=1S/C16H22ClN3O/c1-13-12-20(10-3-11-21-2)16(19-13)18-9-8-14-4-6-15(17)7-5-14/h4-7,12H,3,8-11H2,1-2H3,(H,18,19). The van der Waals surface area contributed by atoms with Gasteiger partial charge in [0.2, 0.25) is 5.95 Å². The van der Waals surface area contributed by atoms with E-state index in [-0.39, 0.29) is 0 Å². The van der Waals surface area contributed by atoms with Crippen molar-refractivity contribution in [3.63, 3.8) is 0 Å². The van der Waals surface area contributed by atoms with Crippen LogP contribution in [0.2, 0.25) is 5.02 Å². The van der Waals surface area contributed by atoms with Gasteiger partial charge in [-0.3, -0.25) is 0 Å². The highest BCUT2D eigenvalue weighted by molar-refractivity contribution is 6.30. The first-order valence-electron chi connectivity index (χ1n) is 7.20. The van der Waals surface area contributed by atoms with Crippen molar-refractivity contribution in [2.24, 2.45) is 0 Å². The molecule has 1 aromatic heterocycles. The molecule has 2 rings (SSSR count). The molecular weight excluding hydrogens is 286 g/mol. The molecule has 0 amide bonds. The van der Waals surface area contributed by atoms with E-state index in [1.807, 2.05) is 19.1 Å². The summed E-state index contributed by atoms with van der Waals surface area (Å²) in [7, 11) is 1.73. The molecule has 0 saturated heterocycles. The number of nitrogens with one attached hydrogen (secondary N) is 1. The smallest absolute Gasteiger partial charge is 0.203 e. The third-order valence-corrected chi connectivity index (χ3v) is 3.51. The van der Waals surface area contributed by atoms with Gasteiger partial charge in [0.05, 0.1) is 5.69 Å². The SMILES string of the molecule is COCCCn1cc(C)nc1NCCc1ccc(Cl)cc1. The highest BCUT2D eigenvalue weighted by atomic mass is 35.5. The van der Waals surface area contributed by atoms with Crippen LogP contribution in [0.1, 0.15) is 17.7 Å². The molecule has 5 heteroatoms. The molecule has 2 aromatic rings. The van der Waals surface area contributed by atoms with E-state index >= 15 is 0 Å². The summed E-state index contributed by atoms with van der Waals surface area (Å²) in [5.41, 5.74) is 2.29. The largest absolute Gasteiger partial charge is 0.385 e. The average Bonchev–Trinajstić information content (AvgIpc) is 2.82. The average molecular weight is 308 g/mol. The maximum atomic E-state index is 5.89. The molecule has 0 fully saturated rings. The van der Waals surface area contributed by atoms with Crippen LogP contribution in [0.5, 0.6) is 0 Å². The fourth-order valence-corrected chi connectivity index (χ4v) is 2.33. The second-order valence-corrected chi connectivity index (χ2v) is 5.49. The second-order valence-electron chi connectivity index (χ2n) is 5.05. The van der Waals surface area contributed by atoms with Crippen molar-refractivity contribution in [1.82, 2.24) is 9.55 Å². The lowest BCUT2D eigenvalue weighted by Crippen LogP contribution is -2.11. The molecule has 0 spiro atoms. The maximum absolute atomic E-state index is 5.89. The van der Waals surface area contributed by atoms with Crippen molar-refractivity contribution in [1.29, 1.82) is 0 Å². The van der Waals surface area contributed by atoms with Gasteiger partial charge in [-0.1, -0.05) is 23.7 Å². The summed E-state index contributed by atoms with van der Waals surface area (Å²) in [4.78, 5) is 4.52. The second kappa shape index (κ2) is 8.05. The molecular formula is C16H22ClN3O. The zero-order valence-corrected chi connectivity index (χ0v) is 13.4. The Kier molecular flexibility index (Phi) is 6.08. The van der Waals surface area contributed by atoms with Crippen molar-refractivity contribution >= 4 is 17.5 Å². The van der Waals surface area contributed by atoms with E-state index in [0.717, 1.165) is 49.2 Å². The maximum Gasteiger partial charge on any atom is 0.203 e. The topological polar surface area (TPSA) is 39.1 Å². The number of rotatable bonds is 8. The summed E-state index contributed by atoms with van der Waals surface area (Å²) < 4.78 is 7.24. The first-order valence-corrected chi connectivity index (χ1v) is 7.58. The van der Waals surface area contributed by atoms with Gasteiger partial charge in [-0.2, -0.15) is 0 Å². The number of ether oxygens (including phenoxy) is 1. The molecule has 4 nitrogen and oxygen atoms in total. The Hall–Kier alpha value is -1.52. The van der Waals surface area contributed by atoms with E-state index in [1.54, 1.807) is 7.11 Å². The van der Waals surface area contributed by atoms with Crippen LogP contribution in [-0.2, 0) is 17.7 Å². The van der Waals surface area contributed by atoms with E-state index < -0.39 is 0 Å². The Morgan fingerprint density at radius 2 is 2.05 bits per heavy atom. The van der Waals surface area contributed by atoms with Gasteiger partial charge in [0.25, 0.3) is 0 Å². The number of nitrogens with zero attached hydrogens (tertiary/aromatic N) is 2. The van der Waals surface area contributed by atoms with E-state index in [0.29, 0.717) is 0 Å². The van der Waals surface area contributed by atoms with Crippen LogP contribution >= 0.6 is 11.6 Å². The number of imidazole rings is 1. The van der Waals surface area contributed by atoms with Gasteiger partial charge in [-0.15, -0.1) is 0 Å². The molecule has 0 aliphatic carbocycles. The normalized spacial score (nSPS) is 10.8. The Morgan fingerprint density at radius 1 is 1.29 bits per heavy atom. The molecule has 0 saturated carbocycles. The van der Waals surface area contributed by atoms with Crippen LogP contribution in [0.15, 0.2) is 30.5 Å². The third kappa shape index (κ3) is 5.06. The zero-order chi connectivity index (χ0) is 15.1. The minimum atomic E-state index is 0.765. The summed E-state index contributed by atoms with van der Waals surface area (Å²) in [6.45, 7) is 4.54. The molecule has 114 valence electrons. The van der Waals surface area contributed by atoms with Gasteiger partial charge in [-0.25, -0.2) is 4.98 Å². The van der Waals surface area contributed by atoms with Crippen molar-refractivity contribution in [2.45, 2.75) is 26.3 Å². The quantitative estimate of drug-likeness (QED) is 0.758.